The topological polar surface area (TPSA) is 111 Å². The van der Waals surface area contributed by atoms with Gasteiger partial charge in [-0.25, -0.2) is 4.39 Å². The second-order valence-corrected chi connectivity index (χ2v) is 7.92. The number of benzene rings is 1. The highest BCUT2D eigenvalue weighted by molar-refractivity contribution is 6.31. The average molecular weight is 438 g/mol. The summed E-state index contributed by atoms with van der Waals surface area (Å²) in [5.74, 6) is -2.50. The predicted octanol–water partition coefficient (Wildman–Crippen LogP) is 2.59. The van der Waals surface area contributed by atoms with Crippen LogP contribution < -0.4 is 15.4 Å². The normalized spacial score (nSPS) is 16.9. The molecule has 1 fully saturated rings. The van der Waals surface area contributed by atoms with Crippen molar-refractivity contribution in [3.8, 4) is 5.75 Å². The molecule has 1 aliphatic rings. The number of carbonyl (C=O) groups is 3. The van der Waals surface area contributed by atoms with Gasteiger partial charge in [0.15, 0.2) is 12.0 Å². The van der Waals surface area contributed by atoms with Crippen molar-refractivity contribution < 1.29 is 28.0 Å². The van der Waals surface area contributed by atoms with Crippen molar-refractivity contribution in [3.63, 3.8) is 0 Å². The molecule has 0 aliphatic carbocycles. The van der Waals surface area contributed by atoms with Crippen LogP contribution in [0.1, 0.15) is 49.4 Å². The Hall–Kier alpha value is -2.94. The van der Waals surface area contributed by atoms with E-state index >= 15 is 0 Å². The summed E-state index contributed by atoms with van der Waals surface area (Å²) in [7, 11) is 1.44. The molecule has 3 amide bonds. The summed E-state index contributed by atoms with van der Waals surface area (Å²) in [5, 5.41) is 8.81. The van der Waals surface area contributed by atoms with E-state index in [0.29, 0.717) is 17.0 Å². The Kier molecular flexibility index (Phi) is 6.12. The zero-order valence-corrected chi connectivity index (χ0v) is 17.4. The van der Waals surface area contributed by atoms with Crippen molar-refractivity contribution in [2.24, 2.45) is 0 Å². The molecular formula is C20H21ClFN3O5. The van der Waals surface area contributed by atoms with E-state index in [1.165, 1.54) is 25.5 Å². The first-order valence-electron chi connectivity index (χ1n) is 9.23. The summed E-state index contributed by atoms with van der Waals surface area (Å²) in [6, 6.07) is 2.71. The van der Waals surface area contributed by atoms with Crippen molar-refractivity contribution in [3.05, 3.63) is 46.1 Å². The second-order valence-electron chi connectivity index (χ2n) is 7.52. The number of carbonyl (C=O) groups excluding carboxylic acids is 3. The number of nitrogens with zero attached hydrogens (tertiary/aromatic N) is 1. The third kappa shape index (κ3) is 4.16. The van der Waals surface area contributed by atoms with Crippen LogP contribution in [0.4, 0.5) is 4.39 Å². The molecule has 160 valence electrons. The van der Waals surface area contributed by atoms with Crippen molar-refractivity contribution >= 4 is 29.3 Å². The SMILES string of the molecule is COc1conc1C(C)(C)C(=O)NCc1cc(F)c(C2CCC(=O)NC2=O)c(Cl)c1. The molecule has 0 bridgehead atoms. The monoisotopic (exact) mass is 437 g/mol. The molecule has 30 heavy (non-hydrogen) atoms. The minimum absolute atomic E-state index is 0.00863. The number of rotatable bonds is 6. The van der Waals surface area contributed by atoms with Crippen LogP contribution >= 0.6 is 11.6 Å². The van der Waals surface area contributed by atoms with Crippen molar-refractivity contribution in [2.75, 3.05) is 7.11 Å². The number of hydrogen-bond donors (Lipinski definition) is 2. The van der Waals surface area contributed by atoms with Gasteiger partial charge in [-0.15, -0.1) is 0 Å². The van der Waals surface area contributed by atoms with Crippen LogP contribution in [0.25, 0.3) is 0 Å². The van der Waals surface area contributed by atoms with Gasteiger partial charge in [-0.3, -0.25) is 19.7 Å². The van der Waals surface area contributed by atoms with Crippen molar-refractivity contribution in [1.82, 2.24) is 15.8 Å². The third-order valence-corrected chi connectivity index (χ3v) is 5.41. The Bertz CT molecular complexity index is 981. The van der Waals surface area contributed by atoms with Gasteiger partial charge in [-0.2, -0.15) is 0 Å². The zero-order valence-electron chi connectivity index (χ0n) is 16.7. The highest BCUT2D eigenvalue weighted by Gasteiger charge is 2.36. The Morgan fingerprint density at radius 3 is 2.80 bits per heavy atom. The molecule has 10 heteroatoms. The van der Waals surface area contributed by atoms with Gasteiger partial charge in [0.05, 0.1) is 18.4 Å². The van der Waals surface area contributed by atoms with Crippen LogP contribution in [0.2, 0.25) is 5.02 Å². The summed E-state index contributed by atoms with van der Waals surface area (Å²) < 4.78 is 24.8. The lowest BCUT2D eigenvalue weighted by atomic mass is 9.87. The molecule has 2 N–H and O–H groups in total. The van der Waals surface area contributed by atoms with Crippen LogP contribution in [0.5, 0.6) is 5.75 Å². The standard InChI is InChI=1S/C20H21ClFN3O5/c1-20(2,17-14(29-3)9-30-25-17)19(28)23-8-10-6-12(21)16(13(22)7-10)11-4-5-15(26)24-18(11)27/h6-7,9,11H,4-5,8H2,1-3H3,(H,23,28)(H,24,26,27). The minimum atomic E-state index is -1.06. The number of halogens is 2. The Balaban J connectivity index is 1.74. The number of nitrogens with one attached hydrogen (secondary N) is 2. The van der Waals surface area contributed by atoms with Crippen LogP contribution in [-0.2, 0) is 26.3 Å². The highest BCUT2D eigenvalue weighted by Crippen LogP contribution is 2.34. The molecule has 0 radical (unpaired) electrons. The van der Waals surface area contributed by atoms with E-state index in [0.717, 1.165) is 0 Å². The van der Waals surface area contributed by atoms with E-state index in [9.17, 15) is 18.8 Å². The maximum absolute atomic E-state index is 14.7. The molecule has 1 aromatic heterocycles. The molecule has 8 nitrogen and oxygen atoms in total. The maximum Gasteiger partial charge on any atom is 0.234 e. The molecule has 1 saturated heterocycles. The molecule has 1 atom stereocenters. The van der Waals surface area contributed by atoms with Gasteiger partial charge in [0.2, 0.25) is 17.7 Å². The molecule has 3 rings (SSSR count). The van der Waals surface area contributed by atoms with Crippen molar-refractivity contribution in [1.29, 1.82) is 0 Å². The summed E-state index contributed by atoms with van der Waals surface area (Å²) in [6.07, 6.45) is 1.60. The smallest absolute Gasteiger partial charge is 0.234 e. The van der Waals surface area contributed by atoms with E-state index in [1.807, 2.05) is 0 Å². The molecule has 1 aromatic carbocycles. The first-order chi connectivity index (χ1) is 14.1. The first-order valence-corrected chi connectivity index (χ1v) is 9.61. The largest absolute Gasteiger partial charge is 0.491 e. The summed E-state index contributed by atoms with van der Waals surface area (Å²) in [5.41, 5.74) is -0.262. The number of hydrogen-bond acceptors (Lipinski definition) is 6. The molecule has 0 spiro atoms. The summed E-state index contributed by atoms with van der Waals surface area (Å²) in [6.45, 7) is 3.32. The number of piperidine rings is 1. The van der Waals surface area contributed by atoms with Gasteiger partial charge in [0.1, 0.15) is 11.5 Å². The molecule has 2 heterocycles. The Labute approximate surface area is 177 Å². The second kappa shape index (κ2) is 8.43. The van der Waals surface area contributed by atoms with E-state index in [-0.39, 0.29) is 35.9 Å². The third-order valence-electron chi connectivity index (χ3n) is 5.10. The predicted molar refractivity (Wildman–Crippen MR) is 104 cm³/mol. The lowest BCUT2D eigenvalue weighted by Gasteiger charge is -2.23. The highest BCUT2D eigenvalue weighted by atomic mass is 35.5. The molecule has 0 saturated carbocycles. The fourth-order valence-electron chi connectivity index (χ4n) is 3.35. The Morgan fingerprint density at radius 1 is 1.43 bits per heavy atom. The fraction of sp³-hybridized carbons (Fsp3) is 0.400. The number of amides is 3. The fourth-order valence-corrected chi connectivity index (χ4v) is 3.71. The van der Waals surface area contributed by atoms with Crippen molar-refractivity contribution in [2.45, 2.75) is 44.6 Å². The lowest BCUT2D eigenvalue weighted by Crippen LogP contribution is -2.40. The zero-order chi connectivity index (χ0) is 22.1. The van der Waals surface area contributed by atoms with Crippen LogP contribution in [0, 0.1) is 5.82 Å². The van der Waals surface area contributed by atoms with Gasteiger partial charge < -0.3 is 14.6 Å². The van der Waals surface area contributed by atoms with Gasteiger partial charge in [0.25, 0.3) is 0 Å². The van der Waals surface area contributed by atoms with Gasteiger partial charge in [-0.1, -0.05) is 16.8 Å². The van der Waals surface area contributed by atoms with Gasteiger partial charge in [0, 0.05) is 23.6 Å². The Morgan fingerprint density at radius 2 is 2.17 bits per heavy atom. The van der Waals surface area contributed by atoms with E-state index in [4.69, 9.17) is 20.9 Å². The number of imide groups is 1. The molecule has 1 aliphatic heterocycles. The summed E-state index contributed by atoms with van der Waals surface area (Å²) in [4.78, 5) is 36.1. The van der Waals surface area contributed by atoms with Crippen LogP contribution in [-0.4, -0.2) is 30.0 Å². The van der Waals surface area contributed by atoms with Crippen LogP contribution in [0.3, 0.4) is 0 Å². The quantitative estimate of drug-likeness (QED) is 0.672. The maximum atomic E-state index is 14.7. The van der Waals surface area contributed by atoms with Gasteiger partial charge >= 0.3 is 0 Å². The first kappa shape index (κ1) is 21.8. The number of methoxy groups -OCH3 is 1. The van der Waals surface area contributed by atoms with Gasteiger partial charge in [-0.05, 0) is 38.0 Å². The molecule has 2 aromatic rings. The van der Waals surface area contributed by atoms with E-state index < -0.39 is 29.0 Å². The van der Waals surface area contributed by atoms with E-state index in [2.05, 4.69) is 15.8 Å². The average Bonchev–Trinajstić information content (AvgIpc) is 3.17. The minimum Gasteiger partial charge on any atom is -0.491 e. The molecule has 1 unspecified atom stereocenters. The van der Waals surface area contributed by atoms with E-state index in [1.54, 1.807) is 13.8 Å². The summed E-state index contributed by atoms with van der Waals surface area (Å²) >= 11 is 6.24. The number of aromatic nitrogens is 1. The lowest BCUT2D eigenvalue weighted by molar-refractivity contribution is -0.134. The van der Waals surface area contributed by atoms with Crippen LogP contribution in [0.15, 0.2) is 22.9 Å². The number of ether oxygens (including phenoxy) is 1. The molecular weight excluding hydrogens is 417 g/mol.